The molecule has 3 heterocycles. The highest BCUT2D eigenvalue weighted by atomic mass is 32.1. The maximum Gasteiger partial charge on any atom is 0.241 e. The van der Waals surface area contributed by atoms with E-state index in [-0.39, 0.29) is 18.0 Å². The van der Waals surface area contributed by atoms with Crippen LogP contribution in [0.25, 0.3) is 11.0 Å². The van der Waals surface area contributed by atoms with Crippen molar-refractivity contribution in [3.05, 3.63) is 47.4 Å². The molecule has 1 saturated heterocycles. The molecule has 0 aliphatic carbocycles. The Labute approximate surface area is 149 Å². The number of aromatic nitrogens is 2. The number of nitrogens with one attached hydrogen (secondary N) is 2. The highest BCUT2D eigenvalue weighted by Gasteiger charge is 2.33. The Kier molecular flexibility index (Phi) is 4.24. The van der Waals surface area contributed by atoms with Crippen LogP contribution in [0.2, 0.25) is 0 Å². The van der Waals surface area contributed by atoms with Gasteiger partial charge in [-0.15, -0.1) is 0 Å². The van der Waals surface area contributed by atoms with Crippen molar-refractivity contribution in [2.75, 3.05) is 7.05 Å². The van der Waals surface area contributed by atoms with Gasteiger partial charge in [0.2, 0.25) is 5.91 Å². The van der Waals surface area contributed by atoms with Gasteiger partial charge in [0.25, 0.3) is 0 Å². The minimum Gasteiger partial charge on any atom is -0.465 e. The van der Waals surface area contributed by atoms with Crippen LogP contribution in [0.5, 0.6) is 0 Å². The number of furan rings is 1. The lowest BCUT2D eigenvalue weighted by Crippen LogP contribution is -2.43. The molecule has 1 amide bonds. The van der Waals surface area contributed by atoms with E-state index in [4.69, 9.17) is 4.42 Å². The van der Waals surface area contributed by atoms with Gasteiger partial charge in [-0.25, -0.2) is 10.9 Å². The van der Waals surface area contributed by atoms with Gasteiger partial charge in [-0.3, -0.25) is 4.79 Å². The molecule has 7 nitrogen and oxygen atoms in total. The fourth-order valence-corrected chi connectivity index (χ4v) is 3.61. The molecule has 4 rings (SSSR count). The number of carbonyl (C=O) groups excluding carboxylic acids is 1. The van der Waals surface area contributed by atoms with Gasteiger partial charge in [-0.2, -0.15) is 8.75 Å². The van der Waals surface area contributed by atoms with Crippen LogP contribution >= 0.6 is 11.7 Å². The topological polar surface area (TPSA) is 83.3 Å². The number of fused-ring (bicyclic) bond motifs is 1. The zero-order valence-corrected chi connectivity index (χ0v) is 14.8. The number of likely N-dealkylation sites (N-methyl/N-ethyl adjacent to an activating group) is 1. The van der Waals surface area contributed by atoms with E-state index in [1.54, 1.807) is 4.90 Å². The zero-order valence-electron chi connectivity index (χ0n) is 14.0. The van der Waals surface area contributed by atoms with Crippen LogP contribution in [0.3, 0.4) is 0 Å². The average Bonchev–Trinajstić information content (AvgIpc) is 3.33. The normalized spacial score (nSPS) is 20.2. The molecular weight excluding hydrogens is 338 g/mol. The second-order valence-electron chi connectivity index (χ2n) is 6.36. The minimum atomic E-state index is -0.273. The monoisotopic (exact) mass is 357 g/mol. The molecule has 0 bridgehead atoms. The predicted octanol–water partition coefficient (Wildman–Crippen LogP) is 2.16. The van der Waals surface area contributed by atoms with E-state index < -0.39 is 0 Å². The molecular formula is C17H19N5O2S. The van der Waals surface area contributed by atoms with Crippen LogP contribution < -0.4 is 10.9 Å². The van der Waals surface area contributed by atoms with Crippen molar-refractivity contribution in [2.24, 2.45) is 0 Å². The van der Waals surface area contributed by atoms with Crippen molar-refractivity contribution in [3.63, 3.8) is 0 Å². The molecule has 2 atom stereocenters. The maximum absolute atomic E-state index is 12.7. The number of benzene rings is 1. The van der Waals surface area contributed by atoms with Crippen molar-refractivity contribution >= 4 is 28.7 Å². The third kappa shape index (κ3) is 3.28. The average molecular weight is 357 g/mol. The molecule has 0 saturated carbocycles. The van der Waals surface area contributed by atoms with E-state index >= 15 is 0 Å². The van der Waals surface area contributed by atoms with E-state index in [2.05, 4.69) is 19.6 Å². The lowest BCUT2D eigenvalue weighted by atomic mass is 10.1. The van der Waals surface area contributed by atoms with Crippen molar-refractivity contribution < 1.29 is 9.21 Å². The summed E-state index contributed by atoms with van der Waals surface area (Å²) in [6.45, 7) is 2.45. The number of rotatable bonds is 4. The summed E-state index contributed by atoms with van der Waals surface area (Å²) in [4.78, 5) is 14.4. The Balaban J connectivity index is 1.40. The van der Waals surface area contributed by atoms with Crippen molar-refractivity contribution in [1.82, 2.24) is 24.5 Å². The number of carbonyl (C=O) groups is 1. The first-order chi connectivity index (χ1) is 12.1. The van der Waals surface area contributed by atoms with E-state index in [0.717, 1.165) is 28.1 Å². The fourth-order valence-electron chi connectivity index (χ4n) is 3.09. The number of aryl methyl sites for hydroxylation is 1. The van der Waals surface area contributed by atoms with E-state index in [9.17, 15) is 4.79 Å². The standard InChI is InChI=1S/C17H19N5O2S/c1-10-3-6-16(24-10)14-8-15(19-18-14)17(23)22(2)9-11-4-5-12-13(7-11)21-25-20-12/h3-7,14-15,18-19H,8-9H2,1-2H3. The third-order valence-electron chi connectivity index (χ3n) is 4.42. The molecule has 1 aliphatic heterocycles. The molecule has 3 aromatic rings. The Morgan fingerprint density at radius 3 is 2.92 bits per heavy atom. The van der Waals surface area contributed by atoms with E-state index in [0.29, 0.717) is 13.0 Å². The van der Waals surface area contributed by atoms with Gasteiger partial charge in [-0.05, 0) is 43.2 Å². The van der Waals surface area contributed by atoms with Gasteiger partial charge < -0.3 is 9.32 Å². The van der Waals surface area contributed by atoms with Gasteiger partial charge >= 0.3 is 0 Å². The van der Waals surface area contributed by atoms with Crippen molar-refractivity contribution in [2.45, 2.75) is 32.0 Å². The summed E-state index contributed by atoms with van der Waals surface area (Å²) in [5, 5.41) is 0. The SMILES string of the molecule is Cc1ccc(C2CC(C(=O)N(C)Cc3ccc4nsnc4c3)NN2)o1. The Bertz CT molecular complexity index is 905. The van der Waals surface area contributed by atoms with Crippen LogP contribution in [-0.4, -0.2) is 32.6 Å². The Hall–Kier alpha value is -2.29. The molecule has 1 aliphatic rings. The Morgan fingerprint density at radius 2 is 2.12 bits per heavy atom. The van der Waals surface area contributed by atoms with Crippen LogP contribution in [0, 0.1) is 6.92 Å². The summed E-state index contributed by atoms with van der Waals surface area (Å²) >= 11 is 1.20. The number of hydrogen-bond donors (Lipinski definition) is 2. The van der Waals surface area contributed by atoms with Crippen LogP contribution in [-0.2, 0) is 11.3 Å². The maximum atomic E-state index is 12.7. The second-order valence-corrected chi connectivity index (χ2v) is 6.89. The minimum absolute atomic E-state index is 0.00785. The summed E-state index contributed by atoms with van der Waals surface area (Å²) in [5.74, 6) is 1.77. The molecule has 8 heteroatoms. The number of hydrogen-bond acceptors (Lipinski definition) is 7. The number of hydrazine groups is 1. The fraction of sp³-hybridized carbons (Fsp3) is 0.353. The van der Waals surface area contributed by atoms with Gasteiger partial charge in [0.15, 0.2) is 0 Å². The molecule has 25 heavy (non-hydrogen) atoms. The molecule has 2 N–H and O–H groups in total. The van der Waals surface area contributed by atoms with Gasteiger partial charge in [0.1, 0.15) is 28.6 Å². The molecule has 1 aromatic carbocycles. The third-order valence-corrected chi connectivity index (χ3v) is 4.98. The molecule has 2 unspecified atom stereocenters. The summed E-state index contributed by atoms with van der Waals surface area (Å²) in [6.07, 6.45) is 0.658. The first kappa shape index (κ1) is 16.2. The zero-order chi connectivity index (χ0) is 17.4. The van der Waals surface area contributed by atoms with Crippen LogP contribution in [0.1, 0.15) is 29.5 Å². The van der Waals surface area contributed by atoms with Gasteiger partial charge in [-0.1, -0.05) is 6.07 Å². The lowest BCUT2D eigenvalue weighted by Gasteiger charge is -2.20. The van der Waals surface area contributed by atoms with E-state index in [1.807, 2.05) is 44.3 Å². The largest absolute Gasteiger partial charge is 0.465 e. The molecule has 1 fully saturated rings. The molecule has 130 valence electrons. The molecule has 0 radical (unpaired) electrons. The highest BCUT2D eigenvalue weighted by molar-refractivity contribution is 7.00. The summed E-state index contributed by atoms with van der Waals surface area (Å²) < 4.78 is 14.1. The molecule has 2 aromatic heterocycles. The number of nitrogens with zero attached hydrogens (tertiary/aromatic N) is 3. The number of amides is 1. The van der Waals surface area contributed by atoms with E-state index in [1.165, 1.54) is 11.7 Å². The van der Waals surface area contributed by atoms with Crippen LogP contribution in [0.15, 0.2) is 34.7 Å². The first-order valence-electron chi connectivity index (χ1n) is 8.14. The summed E-state index contributed by atoms with van der Waals surface area (Å²) in [6, 6.07) is 9.53. The van der Waals surface area contributed by atoms with Crippen molar-refractivity contribution in [1.29, 1.82) is 0 Å². The van der Waals surface area contributed by atoms with Crippen LogP contribution in [0.4, 0.5) is 0 Å². The van der Waals surface area contributed by atoms with Crippen molar-refractivity contribution in [3.8, 4) is 0 Å². The van der Waals surface area contributed by atoms with Gasteiger partial charge in [0.05, 0.1) is 17.8 Å². The van der Waals surface area contributed by atoms with Gasteiger partial charge in [0, 0.05) is 13.6 Å². The second kappa shape index (κ2) is 6.55. The quantitative estimate of drug-likeness (QED) is 0.744. The smallest absolute Gasteiger partial charge is 0.241 e. The highest BCUT2D eigenvalue weighted by Crippen LogP contribution is 2.25. The predicted molar refractivity (Wildman–Crippen MR) is 94.8 cm³/mol. The molecule has 0 spiro atoms. The lowest BCUT2D eigenvalue weighted by molar-refractivity contribution is -0.132. The summed E-state index contributed by atoms with van der Waals surface area (Å²) in [7, 11) is 1.82. The first-order valence-corrected chi connectivity index (χ1v) is 8.87. The summed E-state index contributed by atoms with van der Waals surface area (Å²) in [5.41, 5.74) is 9.04. The Morgan fingerprint density at radius 1 is 1.28 bits per heavy atom.